The van der Waals surface area contributed by atoms with E-state index in [2.05, 4.69) is 5.32 Å². The van der Waals surface area contributed by atoms with Gasteiger partial charge in [-0.1, -0.05) is 17.7 Å². The van der Waals surface area contributed by atoms with E-state index in [0.29, 0.717) is 18.2 Å². The van der Waals surface area contributed by atoms with Crippen LogP contribution in [0.5, 0.6) is 0 Å². The van der Waals surface area contributed by atoms with Crippen LogP contribution in [0, 0.1) is 5.92 Å². The predicted octanol–water partition coefficient (Wildman–Crippen LogP) is 3.00. The second-order valence-electron chi connectivity index (χ2n) is 5.02. The summed E-state index contributed by atoms with van der Waals surface area (Å²) in [5.41, 5.74) is 0.686. The summed E-state index contributed by atoms with van der Waals surface area (Å²) >= 11 is 5.91. The Balaban J connectivity index is 2.00. The molecule has 3 N–H and O–H groups in total. The molecule has 1 aromatic rings. The van der Waals surface area contributed by atoms with Crippen molar-refractivity contribution in [3.8, 4) is 0 Å². The molecule has 1 aliphatic rings. The van der Waals surface area contributed by atoms with E-state index in [1.165, 1.54) is 0 Å². The van der Waals surface area contributed by atoms with Crippen molar-refractivity contribution in [2.45, 2.75) is 31.8 Å². The molecule has 1 aliphatic carbocycles. The third-order valence-electron chi connectivity index (χ3n) is 3.62. The number of halogens is 1. The highest BCUT2D eigenvalue weighted by Crippen LogP contribution is 2.27. The summed E-state index contributed by atoms with van der Waals surface area (Å²) in [6, 6.07) is 5.04. The Kier molecular flexibility index (Phi) is 4.66. The lowest BCUT2D eigenvalue weighted by molar-refractivity contribution is 0.0698. The van der Waals surface area contributed by atoms with Crippen LogP contribution >= 0.6 is 11.6 Å². The van der Waals surface area contributed by atoms with Crippen molar-refractivity contribution < 1.29 is 15.0 Å². The number of aromatic carboxylic acids is 1. The minimum Gasteiger partial charge on any atom is -0.478 e. The van der Waals surface area contributed by atoms with Gasteiger partial charge < -0.3 is 15.5 Å². The second kappa shape index (κ2) is 6.26. The maximum Gasteiger partial charge on any atom is 0.339 e. The molecule has 0 saturated heterocycles. The Morgan fingerprint density at radius 3 is 2.63 bits per heavy atom. The molecule has 0 amide bonds. The maximum atomic E-state index is 11.2. The van der Waals surface area contributed by atoms with Crippen LogP contribution in [0.1, 0.15) is 36.0 Å². The number of carbonyl (C=O) groups is 1. The van der Waals surface area contributed by atoms with E-state index >= 15 is 0 Å². The van der Waals surface area contributed by atoms with Crippen molar-refractivity contribution in [3.63, 3.8) is 0 Å². The van der Waals surface area contributed by atoms with Crippen LogP contribution in [-0.2, 0) is 0 Å². The molecule has 5 heteroatoms. The van der Waals surface area contributed by atoms with Gasteiger partial charge in [-0.25, -0.2) is 4.79 Å². The van der Waals surface area contributed by atoms with Gasteiger partial charge in [0.2, 0.25) is 0 Å². The molecular formula is C14H18ClNO3. The highest BCUT2D eigenvalue weighted by molar-refractivity contribution is 6.34. The number of benzene rings is 1. The molecule has 0 aromatic heterocycles. The first kappa shape index (κ1) is 14.2. The number of carboxylic acid groups (broad SMARTS) is 1. The van der Waals surface area contributed by atoms with E-state index < -0.39 is 5.97 Å². The first-order chi connectivity index (χ1) is 9.08. The van der Waals surface area contributed by atoms with Crippen molar-refractivity contribution in [2.24, 2.45) is 5.92 Å². The SMILES string of the molecule is O=C(O)c1c(Cl)cccc1NCC1CCC(O)CC1. The molecule has 1 fully saturated rings. The number of rotatable bonds is 4. The molecule has 0 atom stereocenters. The van der Waals surface area contributed by atoms with Crippen LogP contribution in [0.2, 0.25) is 5.02 Å². The Bertz CT molecular complexity index is 456. The van der Waals surface area contributed by atoms with Gasteiger partial charge in [-0.2, -0.15) is 0 Å². The van der Waals surface area contributed by atoms with Crippen LogP contribution in [0.3, 0.4) is 0 Å². The van der Waals surface area contributed by atoms with Crippen molar-refractivity contribution in [3.05, 3.63) is 28.8 Å². The molecule has 104 valence electrons. The molecule has 0 radical (unpaired) electrons. The van der Waals surface area contributed by atoms with Crippen molar-refractivity contribution in [1.82, 2.24) is 0 Å². The third kappa shape index (κ3) is 3.61. The van der Waals surface area contributed by atoms with Gasteiger partial charge in [-0.15, -0.1) is 0 Å². The predicted molar refractivity (Wildman–Crippen MR) is 74.9 cm³/mol. The summed E-state index contributed by atoms with van der Waals surface area (Å²) in [7, 11) is 0. The van der Waals surface area contributed by atoms with Gasteiger partial charge in [0.05, 0.1) is 16.8 Å². The fraction of sp³-hybridized carbons (Fsp3) is 0.500. The topological polar surface area (TPSA) is 69.6 Å². The van der Waals surface area contributed by atoms with E-state index in [0.717, 1.165) is 25.7 Å². The van der Waals surface area contributed by atoms with Crippen LogP contribution in [0.25, 0.3) is 0 Å². The Hall–Kier alpha value is -1.26. The average Bonchev–Trinajstić information content (AvgIpc) is 2.37. The molecule has 0 aliphatic heterocycles. The zero-order valence-corrected chi connectivity index (χ0v) is 11.4. The molecular weight excluding hydrogens is 266 g/mol. The molecule has 1 aromatic carbocycles. The number of aliphatic hydroxyl groups excluding tert-OH is 1. The van der Waals surface area contributed by atoms with Crippen LogP contribution in [0.4, 0.5) is 5.69 Å². The monoisotopic (exact) mass is 283 g/mol. The fourth-order valence-electron chi connectivity index (χ4n) is 2.49. The quantitative estimate of drug-likeness (QED) is 0.794. The molecule has 1 saturated carbocycles. The number of aliphatic hydroxyl groups is 1. The number of hydrogen-bond acceptors (Lipinski definition) is 3. The molecule has 0 heterocycles. The summed E-state index contributed by atoms with van der Waals surface area (Å²) in [5.74, 6) is -0.545. The first-order valence-corrected chi connectivity index (χ1v) is 6.89. The van der Waals surface area contributed by atoms with E-state index in [4.69, 9.17) is 16.7 Å². The standard InChI is InChI=1S/C14H18ClNO3/c15-11-2-1-3-12(13(11)14(18)19)16-8-9-4-6-10(17)7-5-9/h1-3,9-10,16-17H,4-8H2,(H,18,19). The number of hydrogen-bond donors (Lipinski definition) is 3. The second-order valence-corrected chi connectivity index (χ2v) is 5.43. The summed E-state index contributed by atoms with van der Waals surface area (Å²) in [5, 5.41) is 22.0. The van der Waals surface area contributed by atoms with E-state index in [9.17, 15) is 9.90 Å². The Labute approximate surface area is 117 Å². The lowest BCUT2D eigenvalue weighted by Crippen LogP contribution is -2.24. The number of nitrogens with one attached hydrogen (secondary N) is 1. The van der Waals surface area contributed by atoms with Gasteiger partial charge in [-0.05, 0) is 43.7 Å². The first-order valence-electron chi connectivity index (χ1n) is 6.51. The molecule has 4 nitrogen and oxygen atoms in total. The van der Waals surface area contributed by atoms with Crippen molar-refractivity contribution in [1.29, 1.82) is 0 Å². The van der Waals surface area contributed by atoms with E-state index in [1.807, 2.05) is 0 Å². The summed E-state index contributed by atoms with van der Waals surface area (Å²) < 4.78 is 0. The van der Waals surface area contributed by atoms with Crippen molar-refractivity contribution >= 4 is 23.3 Å². The highest BCUT2D eigenvalue weighted by atomic mass is 35.5. The number of carboxylic acids is 1. The van der Waals surface area contributed by atoms with Crippen LogP contribution in [-0.4, -0.2) is 28.8 Å². The Morgan fingerprint density at radius 2 is 2.00 bits per heavy atom. The highest BCUT2D eigenvalue weighted by Gasteiger charge is 2.20. The zero-order valence-electron chi connectivity index (χ0n) is 10.6. The fourth-order valence-corrected chi connectivity index (χ4v) is 2.75. The van der Waals surface area contributed by atoms with Crippen LogP contribution < -0.4 is 5.32 Å². The summed E-state index contributed by atoms with van der Waals surface area (Å²) in [6.07, 6.45) is 3.42. The van der Waals surface area contributed by atoms with Gasteiger partial charge in [0, 0.05) is 6.54 Å². The van der Waals surface area contributed by atoms with Crippen molar-refractivity contribution in [2.75, 3.05) is 11.9 Å². The lowest BCUT2D eigenvalue weighted by atomic mass is 9.87. The zero-order chi connectivity index (χ0) is 13.8. The molecule has 19 heavy (non-hydrogen) atoms. The minimum absolute atomic E-state index is 0.125. The molecule has 0 unspecified atom stereocenters. The van der Waals surface area contributed by atoms with Gasteiger partial charge in [0.25, 0.3) is 0 Å². The normalized spacial score (nSPS) is 23.1. The molecule has 0 spiro atoms. The van der Waals surface area contributed by atoms with Gasteiger partial charge in [0.15, 0.2) is 0 Å². The molecule has 0 bridgehead atoms. The van der Waals surface area contributed by atoms with E-state index in [1.54, 1.807) is 18.2 Å². The largest absolute Gasteiger partial charge is 0.478 e. The molecule has 2 rings (SSSR count). The summed E-state index contributed by atoms with van der Waals surface area (Å²) in [6.45, 7) is 0.716. The van der Waals surface area contributed by atoms with Gasteiger partial charge in [-0.3, -0.25) is 0 Å². The average molecular weight is 284 g/mol. The summed E-state index contributed by atoms with van der Waals surface area (Å²) in [4.78, 5) is 11.2. The Morgan fingerprint density at radius 1 is 1.32 bits per heavy atom. The van der Waals surface area contributed by atoms with Gasteiger partial charge in [0.1, 0.15) is 5.56 Å². The van der Waals surface area contributed by atoms with Crippen LogP contribution in [0.15, 0.2) is 18.2 Å². The smallest absolute Gasteiger partial charge is 0.339 e. The van der Waals surface area contributed by atoms with Gasteiger partial charge >= 0.3 is 5.97 Å². The number of anilines is 1. The minimum atomic E-state index is -1.02. The van der Waals surface area contributed by atoms with E-state index in [-0.39, 0.29) is 16.7 Å². The lowest BCUT2D eigenvalue weighted by Gasteiger charge is -2.26. The third-order valence-corrected chi connectivity index (χ3v) is 3.94. The maximum absolute atomic E-state index is 11.2.